The van der Waals surface area contributed by atoms with Crippen LogP contribution in [0.3, 0.4) is 0 Å². The van der Waals surface area contributed by atoms with E-state index < -0.39 is 0 Å². The van der Waals surface area contributed by atoms with Gasteiger partial charge in [-0.15, -0.1) is 35.5 Å². The average Bonchev–Trinajstić information content (AvgIpc) is 3.03. The minimum absolute atomic E-state index is 0. The lowest BCUT2D eigenvalue weighted by molar-refractivity contribution is 0.0793. The molecule has 0 atom stereocenters. The Labute approximate surface area is 146 Å². The lowest BCUT2D eigenvalue weighted by Gasteiger charge is -2.18. The molecule has 0 spiro atoms. The van der Waals surface area contributed by atoms with Crippen LogP contribution >= 0.6 is 35.5 Å². The summed E-state index contributed by atoms with van der Waals surface area (Å²) in [6.45, 7) is 1.51. The second-order valence-corrected chi connectivity index (χ2v) is 6.74. The molecule has 22 heavy (non-hydrogen) atoms. The SMILES string of the molecule is CNCCN(C)C(=O)c1ccccc1SCc1cccs1.Cl. The number of nitrogens with zero attached hydrogens (tertiary/aromatic N) is 1. The van der Waals surface area contributed by atoms with Gasteiger partial charge in [-0.05, 0) is 30.6 Å². The Hall–Kier alpha value is -1.01. The van der Waals surface area contributed by atoms with Gasteiger partial charge in [-0.25, -0.2) is 0 Å². The molecule has 0 aliphatic carbocycles. The van der Waals surface area contributed by atoms with Gasteiger partial charge in [0.1, 0.15) is 0 Å². The van der Waals surface area contributed by atoms with Crippen LogP contribution in [0.15, 0.2) is 46.7 Å². The van der Waals surface area contributed by atoms with Gasteiger partial charge in [0.05, 0.1) is 5.56 Å². The largest absolute Gasteiger partial charge is 0.340 e. The van der Waals surface area contributed by atoms with Crippen molar-refractivity contribution in [3.05, 3.63) is 52.2 Å². The Bertz CT molecular complexity index is 575. The first-order valence-electron chi connectivity index (χ1n) is 6.86. The van der Waals surface area contributed by atoms with Crippen molar-refractivity contribution in [2.45, 2.75) is 10.6 Å². The first kappa shape index (κ1) is 19.0. The van der Waals surface area contributed by atoms with Gasteiger partial charge in [0.2, 0.25) is 0 Å². The number of hydrogen-bond acceptors (Lipinski definition) is 4. The van der Waals surface area contributed by atoms with E-state index in [4.69, 9.17) is 0 Å². The van der Waals surface area contributed by atoms with Crippen LogP contribution in [0.2, 0.25) is 0 Å². The van der Waals surface area contributed by atoms with Crippen molar-refractivity contribution in [1.29, 1.82) is 0 Å². The van der Waals surface area contributed by atoms with E-state index in [2.05, 4.69) is 22.8 Å². The highest BCUT2D eigenvalue weighted by molar-refractivity contribution is 7.98. The summed E-state index contributed by atoms with van der Waals surface area (Å²) in [5, 5.41) is 5.15. The predicted octanol–water partition coefficient (Wildman–Crippen LogP) is 3.75. The Morgan fingerprint density at radius 1 is 1.27 bits per heavy atom. The summed E-state index contributed by atoms with van der Waals surface area (Å²) in [4.78, 5) is 16.7. The van der Waals surface area contributed by atoms with Gasteiger partial charge >= 0.3 is 0 Å². The molecule has 0 saturated heterocycles. The summed E-state index contributed by atoms with van der Waals surface area (Å²) < 4.78 is 0. The number of thioether (sulfide) groups is 1. The maximum Gasteiger partial charge on any atom is 0.254 e. The van der Waals surface area contributed by atoms with Crippen molar-refractivity contribution in [2.75, 3.05) is 27.2 Å². The zero-order chi connectivity index (χ0) is 15.1. The molecule has 0 bridgehead atoms. The molecule has 1 aromatic heterocycles. The Morgan fingerprint density at radius 2 is 2.05 bits per heavy atom. The van der Waals surface area contributed by atoms with Crippen LogP contribution in [0.25, 0.3) is 0 Å². The molecule has 1 heterocycles. The highest BCUT2D eigenvalue weighted by atomic mass is 35.5. The first-order valence-corrected chi connectivity index (χ1v) is 8.73. The predicted molar refractivity (Wildman–Crippen MR) is 98.5 cm³/mol. The van der Waals surface area contributed by atoms with Gasteiger partial charge < -0.3 is 10.2 Å². The molecular formula is C16H21ClN2OS2. The van der Waals surface area contributed by atoms with Crippen LogP contribution in [0, 0.1) is 0 Å². The van der Waals surface area contributed by atoms with E-state index in [1.54, 1.807) is 28.0 Å². The van der Waals surface area contributed by atoms with Crippen molar-refractivity contribution in [1.82, 2.24) is 10.2 Å². The normalized spacial score (nSPS) is 10.1. The molecule has 0 unspecified atom stereocenters. The number of amides is 1. The summed E-state index contributed by atoms with van der Waals surface area (Å²) in [6.07, 6.45) is 0. The van der Waals surface area contributed by atoms with Crippen molar-refractivity contribution in [3.8, 4) is 0 Å². The summed E-state index contributed by atoms with van der Waals surface area (Å²) in [6, 6.07) is 12.0. The zero-order valence-electron chi connectivity index (χ0n) is 12.7. The van der Waals surface area contributed by atoms with E-state index in [-0.39, 0.29) is 18.3 Å². The molecule has 6 heteroatoms. The highest BCUT2D eigenvalue weighted by Gasteiger charge is 2.15. The lowest BCUT2D eigenvalue weighted by Crippen LogP contribution is -2.33. The molecule has 1 amide bonds. The van der Waals surface area contributed by atoms with Gasteiger partial charge in [0, 0.05) is 35.7 Å². The van der Waals surface area contributed by atoms with Crippen LogP contribution in [0.4, 0.5) is 0 Å². The molecular weight excluding hydrogens is 336 g/mol. The lowest BCUT2D eigenvalue weighted by atomic mass is 10.2. The molecule has 2 aromatic rings. The molecule has 1 N–H and O–H groups in total. The van der Waals surface area contributed by atoms with E-state index in [1.807, 2.05) is 38.4 Å². The number of hydrogen-bond donors (Lipinski definition) is 1. The third-order valence-corrected chi connectivity index (χ3v) is 5.29. The van der Waals surface area contributed by atoms with Crippen LogP contribution in [0.1, 0.15) is 15.2 Å². The molecule has 0 fully saturated rings. The fraction of sp³-hybridized carbons (Fsp3) is 0.312. The van der Waals surface area contributed by atoms with Gasteiger partial charge in [-0.3, -0.25) is 4.79 Å². The third-order valence-electron chi connectivity index (χ3n) is 3.11. The van der Waals surface area contributed by atoms with E-state index in [1.165, 1.54) is 4.88 Å². The maximum atomic E-state index is 12.5. The number of thiophene rings is 1. The second-order valence-electron chi connectivity index (χ2n) is 4.69. The van der Waals surface area contributed by atoms with Crippen molar-refractivity contribution in [3.63, 3.8) is 0 Å². The maximum absolute atomic E-state index is 12.5. The number of likely N-dealkylation sites (N-methyl/N-ethyl adjacent to an activating group) is 2. The first-order chi connectivity index (χ1) is 10.2. The molecule has 0 aliphatic rings. The molecule has 120 valence electrons. The van der Waals surface area contributed by atoms with E-state index in [9.17, 15) is 4.79 Å². The molecule has 0 radical (unpaired) electrons. The number of carbonyl (C=O) groups excluding carboxylic acids is 1. The number of carbonyl (C=O) groups is 1. The minimum Gasteiger partial charge on any atom is -0.340 e. The number of halogens is 1. The summed E-state index contributed by atoms with van der Waals surface area (Å²) in [7, 11) is 3.74. The molecule has 2 rings (SSSR count). The number of rotatable bonds is 7. The zero-order valence-corrected chi connectivity index (χ0v) is 15.2. The fourth-order valence-electron chi connectivity index (χ4n) is 1.90. The van der Waals surface area contributed by atoms with Gasteiger partial charge in [-0.1, -0.05) is 18.2 Å². The van der Waals surface area contributed by atoms with Crippen molar-refractivity contribution < 1.29 is 4.79 Å². The van der Waals surface area contributed by atoms with Crippen molar-refractivity contribution >= 4 is 41.4 Å². The Morgan fingerprint density at radius 3 is 2.73 bits per heavy atom. The van der Waals surface area contributed by atoms with Crippen molar-refractivity contribution in [2.24, 2.45) is 0 Å². The molecule has 1 aromatic carbocycles. The smallest absolute Gasteiger partial charge is 0.254 e. The van der Waals surface area contributed by atoms with Crippen LogP contribution in [-0.4, -0.2) is 38.0 Å². The topological polar surface area (TPSA) is 32.3 Å². The molecule has 0 aliphatic heterocycles. The van der Waals surface area contributed by atoms with E-state index in [0.717, 1.165) is 22.8 Å². The second kappa shape index (κ2) is 9.90. The summed E-state index contributed by atoms with van der Waals surface area (Å²) in [5.41, 5.74) is 0.789. The standard InChI is InChI=1S/C16H20N2OS2.ClH/c1-17-9-10-18(2)16(19)14-7-3-4-8-15(14)21-12-13-6-5-11-20-13;/h3-8,11,17H,9-10,12H2,1-2H3;1H. The molecule has 3 nitrogen and oxygen atoms in total. The van der Waals surface area contributed by atoms with Crippen LogP contribution < -0.4 is 5.32 Å². The number of nitrogens with one attached hydrogen (secondary N) is 1. The van der Waals surface area contributed by atoms with Crippen LogP contribution in [-0.2, 0) is 5.75 Å². The van der Waals surface area contributed by atoms with Gasteiger partial charge in [-0.2, -0.15) is 0 Å². The average molecular weight is 357 g/mol. The fourth-order valence-corrected chi connectivity index (χ4v) is 3.72. The van der Waals surface area contributed by atoms with E-state index in [0.29, 0.717) is 6.54 Å². The Kier molecular flexibility index (Phi) is 8.56. The third kappa shape index (κ3) is 5.32. The monoisotopic (exact) mass is 356 g/mol. The minimum atomic E-state index is 0. The summed E-state index contributed by atoms with van der Waals surface area (Å²) >= 11 is 3.47. The van der Waals surface area contributed by atoms with Crippen LogP contribution in [0.5, 0.6) is 0 Å². The highest BCUT2D eigenvalue weighted by Crippen LogP contribution is 2.28. The quantitative estimate of drug-likeness (QED) is 0.767. The Balaban J connectivity index is 0.00000242. The van der Waals surface area contributed by atoms with Gasteiger partial charge in [0.15, 0.2) is 0 Å². The summed E-state index contributed by atoms with van der Waals surface area (Å²) in [5.74, 6) is 0.988. The van der Waals surface area contributed by atoms with E-state index >= 15 is 0 Å². The molecule has 0 saturated carbocycles. The van der Waals surface area contributed by atoms with Gasteiger partial charge in [0.25, 0.3) is 5.91 Å². The number of benzene rings is 1.